The van der Waals surface area contributed by atoms with Crippen LogP contribution in [-0.2, 0) is 14.5 Å². The van der Waals surface area contributed by atoms with Crippen molar-refractivity contribution in [3.8, 4) is 0 Å². The summed E-state index contributed by atoms with van der Waals surface area (Å²) in [7, 11) is -3.79. The molecule has 34 heavy (non-hydrogen) atoms. The topological polar surface area (TPSA) is 127 Å². The van der Waals surface area contributed by atoms with Gasteiger partial charge in [-0.05, 0) is 37.8 Å². The molecule has 1 aliphatic carbocycles. The van der Waals surface area contributed by atoms with Crippen molar-refractivity contribution in [3.63, 3.8) is 0 Å². The Balaban J connectivity index is 0.00000324. The number of hydrogen-bond donors (Lipinski definition) is 3. The van der Waals surface area contributed by atoms with E-state index in [0.29, 0.717) is 30.6 Å². The van der Waals surface area contributed by atoms with Crippen molar-refractivity contribution in [2.75, 3.05) is 37.3 Å². The van der Waals surface area contributed by atoms with Gasteiger partial charge in [-0.15, -0.1) is 12.4 Å². The van der Waals surface area contributed by atoms with Gasteiger partial charge in [0.15, 0.2) is 5.13 Å². The lowest BCUT2D eigenvalue weighted by Crippen LogP contribution is -2.43. The van der Waals surface area contributed by atoms with Crippen LogP contribution in [0.25, 0.3) is 0 Å². The number of carbonyl (C=O) groups is 1. The third-order valence-corrected chi connectivity index (χ3v) is 7.96. The Morgan fingerprint density at radius 2 is 1.82 bits per heavy atom. The summed E-state index contributed by atoms with van der Waals surface area (Å²) in [5.74, 6) is -2.94. The largest absolute Gasteiger partial charge is 0.382 e. The van der Waals surface area contributed by atoms with Crippen molar-refractivity contribution in [2.24, 2.45) is 0 Å². The van der Waals surface area contributed by atoms with Crippen molar-refractivity contribution < 1.29 is 26.2 Å². The number of ketones is 1. The molecular weight excluding hydrogens is 512 g/mol. The Morgan fingerprint density at radius 3 is 2.44 bits per heavy atom. The number of aromatic nitrogens is 1. The van der Waals surface area contributed by atoms with E-state index in [1.54, 1.807) is 0 Å². The number of piperidine rings is 1. The van der Waals surface area contributed by atoms with E-state index in [1.165, 1.54) is 10.4 Å². The second-order valence-electron chi connectivity index (χ2n) is 7.98. The van der Waals surface area contributed by atoms with Crippen LogP contribution in [0.15, 0.2) is 18.2 Å². The Bertz CT molecular complexity index is 1100. The van der Waals surface area contributed by atoms with E-state index in [4.69, 9.17) is 9.92 Å². The minimum Gasteiger partial charge on any atom is -0.382 e. The number of nitrogen functional groups attached to an aromatic ring is 1. The molecule has 2 aliphatic rings. The molecule has 14 heteroatoms. The van der Waals surface area contributed by atoms with Crippen LogP contribution in [0.4, 0.5) is 19.7 Å². The van der Waals surface area contributed by atoms with Crippen LogP contribution in [0.2, 0.25) is 0 Å². The first-order chi connectivity index (χ1) is 15.7. The second kappa shape index (κ2) is 11.2. The molecule has 1 saturated heterocycles. The zero-order chi connectivity index (χ0) is 23.6. The lowest BCUT2D eigenvalue weighted by atomic mass is 10.1. The highest BCUT2D eigenvalue weighted by Gasteiger charge is 2.30. The molecule has 0 radical (unpaired) electrons. The summed E-state index contributed by atoms with van der Waals surface area (Å²) < 4.78 is 59.0. The fraction of sp³-hybridized carbons (Fsp3) is 0.500. The van der Waals surface area contributed by atoms with E-state index in [2.05, 4.69) is 15.6 Å². The van der Waals surface area contributed by atoms with Crippen LogP contribution < -0.4 is 16.4 Å². The molecule has 1 aromatic heterocycles. The molecule has 4 N–H and O–H groups in total. The summed E-state index contributed by atoms with van der Waals surface area (Å²) in [6.45, 7) is 1.12. The number of nitrogens with one attached hydrogen (secondary N) is 2. The lowest BCUT2D eigenvalue weighted by Gasteiger charge is -2.30. The van der Waals surface area contributed by atoms with Gasteiger partial charge in [-0.3, -0.25) is 8.98 Å². The van der Waals surface area contributed by atoms with Gasteiger partial charge in [0.2, 0.25) is 5.78 Å². The van der Waals surface area contributed by atoms with Crippen LogP contribution in [0.5, 0.6) is 0 Å². The summed E-state index contributed by atoms with van der Waals surface area (Å²) in [6, 6.07) is 3.56. The maximum absolute atomic E-state index is 14.0. The molecule has 188 valence electrons. The van der Waals surface area contributed by atoms with Gasteiger partial charge in [-0.25, -0.2) is 13.8 Å². The van der Waals surface area contributed by atoms with E-state index < -0.39 is 33.3 Å². The average Bonchev–Trinajstić information content (AvgIpc) is 3.52. The monoisotopic (exact) mass is 537 g/mol. The quantitative estimate of drug-likeness (QED) is 0.312. The highest BCUT2D eigenvalue weighted by atomic mass is 35.5. The number of nitrogens with zero attached hydrogens (tertiary/aromatic N) is 2. The molecule has 0 bridgehead atoms. The normalized spacial score (nSPS) is 17.4. The van der Waals surface area contributed by atoms with E-state index in [0.717, 1.165) is 36.3 Å². The molecule has 0 atom stereocenters. The first kappa shape index (κ1) is 26.7. The van der Waals surface area contributed by atoms with Crippen molar-refractivity contribution in [1.29, 1.82) is 0 Å². The van der Waals surface area contributed by atoms with Crippen LogP contribution in [-0.4, -0.2) is 61.8 Å². The number of thiazole rings is 1. The van der Waals surface area contributed by atoms with Crippen LogP contribution in [0.1, 0.15) is 40.9 Å². The first-order valence-corrected chi connectivity index (χ1v) is 12.8. The van der Waals surface area contributed by atoms with E-state index in [1.807, 2.05) is 0 Å². The Hall–Kier alpha value is -1.90. The minimum absolute atomic E-state index is 0. The predicted octanol–water partition coefficient (Wildman–Crippen LogP) is 2.55. The number of benzene rings is 1. The maximum atomic E-state index is 14.0. The van der Waals surface area contributed by atoms with Gasteiger partial charge in [0.05, 0.1) is 12.2 Å². The van der Waals surface area contributed by atoms with Gasteiger partial charge in [0.1, 0.15) is 22.3 Å². The Labute approximate surface area is 206 Å². The van der Waals surface area contributed by atoms with Crippen LogP contribution in [0.3, 0.4) is 0 Å². The minimum atomic E-state index is -3.79. The molecule has 2 aromatic rings. The molecule has 1 saturated carbocycles. The molecule has 2 fully saturated rings. The SMILES string of the molecule is Cl.Nc1nc(NC2CCN(S(=O)(=O)OCCNC3CC3)CC2)sc1C(=O)c1c(F)cccc1F. The van der Waals surface area contributed by atoms with Crippen molar-refractivity contribution in [2.45, 2.75) is 37.8 Å². The van der Waals surface area contributed by atoms with E-state index in [-0.39, 0.29) is 48.8 Å². The van der Waals surface area contributed by atoms with Crippen molar-refractivity contribution in [1.82, 2.24) is 14.6 Å². The fourth-order valence-corrected chi connectivity index (χ4v) is 5.56. The molecule has 2 heterocycles. The number of nitrogens with two attached hydrogens (primary N) is 1. The van der Waals surface area contributed by atoms with Gasteiger partial charge in [-0.2, -0.15) is 12.7 Å². The third-order valence-electron chi connectivity index (χ3n) is 5.49. The lowest BCUT2D eigenvalue weighted by molar-refractivity contribution is 0.103. The summed E-state index contributed by atoms with van der Waals surface area (Å²) in [6.07, 6.45) is 3.22. The molecule has 4 rings (SSSR count). The standard InChI is InChI=1S/C20H25F2N5O4S2.ClH/c21-14-2-1-3-15(22)16(14)17(28)18-19(23)26-20(32-18)25-13-6-9-27(10-7-13)33(29,30)31-11-8-24-12-4-5-12;/h1-3,12-13,24H,4-11,23H2,(H,25,26);1H. The number of anilines is 2. The van der Waals surface area contributed by atoms with Gasteiger partial charge in [0.25, 0.3) is 0 Å². The van der Waals surface area contributed by atoms with E-state index >= 15 is 0 Å². The zero-order valence-corrected chi connectivity index (χ0v) is 20.6. The summed E-state index contributed by atoms with van der Waals surface area (Å²) >= 11 is 0.907. The Morgan fingerprint density at radius 1 is 1.18 bits per heavy atom. The van der Waals surface area contributed by atoms with E-state index in [9.17, 15) is 22.0 Å². The number of rotatable bonds is 10. The second-order valence-corrected chi connectivity index (χ2v) is 10.6. The van der Waals surface area contributed by atoms with Gasteiger partial charge >= 0.3 is 10.3 Å². The summed E-state index contributed by atoms with van der Waals surface area (Å²) in [5, 5.41) is 6.66. The molecule has 9 nitrogen and oxygen atoms in total. The molecule has 0 spiro atoms. The summed E-state index contributed by atoms with van der Waals surface area (Å²) in [5.41, 5.74) is 5.15. The molecular formula is C20H26ClF2N5O4S2. The average molecular weight is 538 g/mol. The van der Waals surface area contributed by atoms with Crippen molar-refractivity contribution >= 4 is 50.8 Å². The van der Waals surface area contributed by atoms with Gasteiger partial charge in [-0.1, -0.05) is 17.4 Å². The molecule has 1 aromatic carbocycles. The van der Waals surface area contributed by atoms with Crippen LogP contribution >= 0.6 is 23.7 Å². The third kappa shape index (κ3) is 6.40. The summed E-state index contributed by atoms with van der Waals surface area (Å²) in [4.78, 5) is 16.7. The Kier molecular flexibility index (Phi) is 8.82. The van der Waals surface area contributed by atoms with Crippen molar-refractivity contribution in [3.05, 3.63) is 40.3 Å². The molecule has 0 amide bonds. The predicted molar refractivity (Wildman–Crippen MR) is 128 cm³/mol. The zero-order valence-electron chi connectivity index (χ0n) is 18.1. The molecule has 1 aliphatic heterocycles. The van der Waals surface area contributed by atoms with Gasteiger partial charge in [0, 0.05) is 31.7 Å². The number of halogens is 3. The number of hydrogen-bond acceptors (Lipinski definition) is 9. The molecule has 0 unspecified atom stereocenters. The van der Waals surface area contributed by atoms with Gasteiger partial charge < -0.3 is 16.4 Å². The first-order valence-electron chi connectivity index (χ1n) is 10.6. The highest BCUT2D eigenvalue weighted by Crippen LogP contribution is 2.30. The van der Waals surface area contributed by atoms with Crippen LogP contribution in [0, 0.1) is 11.6 Å². The number of carbonyl (C=O) groups excluding carboxylic acids is 1. The maximum Gasteiger partial charge on any atom is 0.338 e. The highest BCUT2D eigenvalue weighted by molar-refractivity contribution is 7.84. The smallest absolute Gasteiger partial charge is 0.338 e. The fourth-order valence-electron chi connectivity index (χ4n) is 3.56.